The zero-order valence-corrected chi connectivity index (χ0v) is 24.4. The lowest BCUT2D eigenvalue weighted by molar-refractivity contribution is -0.0456. The van der Waals surface area contributed by atoms with E-state index >= 15 is 0 Å². The molecule has 7 atom stereocenters. The quantitative estimate of drug-likeness (QED) is 0.206. The van der Waals surface area contributed by atoms with Crippen molar-refractivity contribution in [1.82, 2.24) is 0 Å². The SMILES string of the molecule is C=C(CCc1ccc2ccc3cccc4ccc1c2c34)C1CCC2C3CC=C4CC(O)CCC4(C)C3CCC12C. The van der Waals surface area contributed by atoms with Gasteiger partial charge < -0.3 is 5.11 Å². The normalized spacial score (nSPS) is 35.5. The molecule has 206 valence electrons. The average Bonchev–Trinajstić information content (AvgIpc) is 3.32. The van der Waals surface area contributed by atoms with E-state index in [1.54, 1.807) is 5.57 Å². The van der Waals surface area contributed by atoms with Gasteiger partial charge in [-0.2, -0.15) is 0 Å². The molecular weight excluding hydrogens is 484 g/mol. The third-order valence-corrected chi connectivity index (χ3v) is 12.9. The molecule has 0 saturated heterocycles. The molecular formula is C39H44O. The minimum absolute atomic E-state index is 0.114. The lowest BCUT2D eigenvalue weighted by Crippen LogP contribution is -2.50. The van der Waals surface area contributed by atoms with Crippen LogP contribution in [0.3, 0.4) is 0 Å². The molecule has 0 heterocycles. The number of benzene rings is 4. The average molecular weight is 529 g/mol. The van der Waals surface area contributed by atoms with E-state index in [4.69, 9.17) is 6.58 Å². The van der Waals surface area contributed by atoms with Gasteiger partial charge in [0.15, 0.2) is 0 Å². The zero-order valence-electron chi connectivity index (χ0n) is 24.4. The summed E-state index contributed by atoms with van der Waals surface area (Å²) in [4.78, 5) is 0. The molecule has 0 aromatic heterocycles. The molecule has 4 aromatic carbocycles. The van der Waals surface area contributed by atoms with Crippen molar-refractivity contribution < 1.29 is 5.11 Å². The van der Waals surface area contributed by atoms with Gasteiger partial charge in [0.1, 0.15) is 0 Å². The van der Waals surface area contributed by atoms with Crippen molar-refractivity contribution in [3.63, 3.8) is 0 Å². The number of hydrogen-bond acceptors (Lipinski definition) is 1. The first kappa shape index (κ1) is 25.1. The molecule has 8 rings (SSSR count). The summed E-state index contributed by atoms with van der Waals surface area (Å²) in [5, 5.41) is 18.7. The summed E-state index contributed by atoms with van der Waals surface area (Å²) in [7, 11) is 0. The fraction of sp³-hybridized carbons (Fsp3) is 0.487. The third kappa shape index (κ3) is 3.49. The molecule has 0 spiro atoms. The number of aryl methyl sites for hydroxylation is 1. The van der Waals surface area contributed by atoms with Crippen LogP contribution in [0.5, 0.6) is 0 Å². The van der Waals surface area contributed by atoms with Crippen LogP contribution >= 0.6 is 0 Å². The predicted octanol–water partition coefficient (Wildman–Crippen LogP) is 10.0. The van der Waals surface area contributed by atoms with Crippen LogP contribution in [0.4, 0.5) is 0 Å². The summed E-state index contributed by atoms with van der Waals surface area (Å²) in [6.45, 7) is 9.99. The maximum Gasteiger partial charge on any atom is 0.0577 e. The highest BCUT2D eigenvalue weighted by Gasteiger charge is 2.58. The van der Waals surface area contributed by atoms with Gasteiger partial charge in [0.25, 0.3) is 0 Å². The van der Waals surface area contributed by atoms with E-state index in [0.29, 0.717) is 16.7 Å². The lowest BCUT2D eigenvalue weighted by Gasteiger charge is -2.58. The Hall–Kier alpha value is -2.64. The van der Waals surface area contributed by atoms with Crippen LogP contribution in [0.15, 0.2) is 78.4 Å². The van der Waals surface area contributed by atoms with Crippen LogP contribution in [0.1, 0.15) is 77.2 Å². The Morgan fingerprint density at radius 3 is 2.42 bits per heavy atom. The van der Waals surface area contributed by atoms with Gasteiger partial charge in [0, 0.05) is 0 Å². The Morgan fingerprint density at radius 2 is 1.60 bits per heavy atom. The van der Waals surface area contributed by atoms with E-state index in [0.717, 1.165) is 43.4 Å². The van der Waals surface area contributed by atoms with E-state index in [9.17, 15) is 5.11 Å². The highest BCUT2D eigenvalue weighted by atomic mass is 16.3. The van der Waals surface area contributed by atoms with Gasteiger partial charge in [0.2, 0.25) is 0 Å². The van der Waals surface area contributed by atoms with Gasteiger partial charge in [0.05, 0.1) is 6.10 Å². The first-order chi connectivity index (χ1) is 19.4. The minimum atomic E-state index is -0.114. The van der Waals surface area contributed by atoms with Gasteiger partial charge in [-0.3, -0.25) is 0 Å². The fourth-order valence-corrected chi connectivity index (χ4v) is 10.8. The molecule has 7 unspecified atom stereocenters. The van der Waals surface area contributed by atoms with Crippen molar-refractivity contribution in [3.05, 3.63) is 84.0 Å². The van der Waals surface area contributed by atoms with E-state index in [1.807, 2.05) is 0 Å². The highest BCUT2D eigenvalue weighted by Crippen LogP contribution is 2.67. The fourth-order valence-electron chi connectivity index (χ4n) is 10.8. The second-order valence-corrected chi connectivity index (χ2v) is 14.6. The number of rotatable bonds is 4. The van der Waals surface area contributed by atoms with Gasteiger partial charge in [-0.1, -0.05) is 92.2 Å². The molecule has 4 aliphatic rings. The molecule has 3 saturated carbocycles. The molecule has 3 fully saturated rings. The van der Waals surface area contributed by atoms with Crippen molar-refractivity contribution >= 4 is 32.3 Å². The summed E-state index contributed by atoms with van der Waals surface area (Å²) in [5.41, 5.74) is 5.30. The lowest BCUT2D eigenvalue weighted by atomic mass is 9.47. The second-order valence-electron chi connectivity index (χ2n) is 14.6. The molecule has 4 aromatic rings. The molecule has 1 nitrogen and oxygen atoms in total. The van der Waals surface area contributed by atoms with Crippen molar-refractivity contribution in [2.45, 2.75) is 84.2 Å². The maximum absolute atomic E-state index is 10.4. The maximum atomic E-state index is 10.4. The Balaban J connectivity index is 1.04. The summed E-state index contributed by atoms with van der Waals surface area (Å²) >= 11 is 0. The van der Waals surface area contributed by atoms with E-state index < -0.39 is 0 Å². The van der Waals surface area contributed by atoms with Crippen LogP contribution in [0.25, 0.3) is 32.3 Å². The Bertz CT molecular complexity index is 1640. The van der Waals surface area contributed by atoms with Crippen molar-refractivity contribution in [2.24, 2.45) is 34.5 Å². The van der Waals surface area contributed by atoms with Crippen molar-refractivity contribution in [3.8, 4) is 0 Å². The van der Waals surface area contributed by atoms with Gasteiger partial charge in [-0.05, 0) is 137 Å². The summed E-state index contributed by atoms with van der Waals surface area (Å²) in [5.74, 6) is 3.11. The van der Waals surface area contributed by atoms with Crippen LogP contribution in [0.2, 0.25) is 0 Å². The Kier molecular flexibility index (Phi) is 5.60. The summed E-state index contributed by atoms with van der Waals surface area (Å²) in [6.07, 6.45) is 14.4. The smallest absolute Gasteiger partial charge is 0.0577 e. The van der Waals surface area contributed by atoms with Gasteiger partial charge in [-0.25, -0.2) is 0 Å². The standard InChI is InChI=1S/C39H44O/c1-24(7-8-25-9-10-28-12-11-26-5-4-6-27-13-15-31(25)37(28)36(26)27)33-17-18-34-32-16-14-29-23-30(40)19-21-38(29,2)35(32)20-22-39(33,34)3/h4-6,9-15,30,32-35,40H,1,7-8,16-23H2,2-3H3. The second kappa shape index (κ2) is 8.93. The van der Waals surface area contributed by atoms with E-state index in [1.165, 1.54) is 82.0 Å². The monoisotopic (exact) mass is 528 g/mol. The van der Waals surface area contributed by atoms with Crippen LogP contribution in [0, 0.1) is 34.5 Å². The Morgan fingerprint density at radius 1 is 0.850 bits per heavy atom. The molecule has 4 aliphatic carbocycles. The summed E-state index contributed by atoms with van der Waals surface area (Å²) < 4.78 is 0. The highest BCUT2D eigenvalue weighted by molar-refractivity contribution is 6.23. The van der Waals surface area contributed by atoms with Gasteiger partial charge in [-0.15, -0.1) is 0 Å². The third-order valence-electron chi connectivity index (χ3n) is 12.9. The molecule has 40 heavy (non-hydrogen) atoms. The van der Waals surface area contributed by atoms with E-state index in [-0.39, 0.29) is 6.10 Å². The summed E-state index contributed by atoms with van der Waals surface area (Å²) in [6, 6.07) is 20.7. The molecule has 0 aliphatic heterocycles. The first-order valence-electron chi connectivity index (χ1n) is 16.1. The predicted molar refractivity (Wildman–Crippen MR) is 169 cm³/mol. The zero-order chi connectivity index (χ0) is 27.2. The van der Waals surface area contributed by atoms with Crippen molar-refractivity contribution in [1.29, 1.82) is 0 Å². The molecule has 0 radical (unpaired) electrons. The number of aliphatic hydroxyl groups is 1. The number of hydrogen-bond donors (Lipinski definition) is 1. The largest absolute Gasteiger partial charge is 0.393 e. The van der Waals surface area contributed by atoms with Crippen molar-refractivity contribution in [2.75, 3.05) is 0 Å². The number of fused-ring (bicyclic) bond motifs is 5. The molecule has 0 amide bonds. The molecule has 1 heteroatoms. The van der Waals surface area contributed by atoms with Crippen LogP contribution in [-0.2, 0) is 6.42 Å². The minimum Gasteiger partial charge on any atom is -0.393 e. The number of allylic oxidation sites excluding steroid dienone is 2. The Labute approximate surface area is 239 Å². The molecule has 0 bridgehead atoms. The van der Waals surface area contributed by atoms with Crippen LogP contribution in [-0.4, -0.2) is 11.2 Å². The topological polar surface area (TPSA) is 20.2 Å². The number of aliphatic hydroxyl groups excluding tert-OH is 1. The first-order valence-corrected chi connectivity index (χ1v) is 16.1. The van der Waals surface area contributed by atoms with Crippen LogP contribution < -0.4 is 0 Å². The van der Waals surface area contributed by atoms with Gasteiger partial charge >= 0.3 is 0 Å². The van der Waals surface area contributed by atoms with E-state index in [2.05, 4.69) is 74.5 Å². The molecule has 1 N–H and O–H groups in total.